The van der Waals surface area contributed by atoms with Crippen molar-refractivity contribution in [2.75, 3.05) is 7.05 Å². The van der Waals surface area contributed by atoms with Crippen molar-refractivity contribution in [1.82, 2.24) is 10.6 Å². The summed E-state index contributed by atoms with van der Waals surface area (Å²) in [6.45, 7) is 1.55. The third-order valence-electron chi connectivity index (χ3n) is 2.17. The Hall–Kier alpha value is -1.43. The maximum atomic E-state index is 13.2. The van der Waals surface area contributed by atoms with Crippen LogP contribution in [0.5, 0.6) is 0 Å². The molecule has 1 unspecified atom stereocenters. The van der Waals surface area contributed by atoms with Crippen LogP contribution in [-0.2, 0) is 4.79 Å². The van der Waals surface area contributed by atoms with Gasteiger partial charge in [-0.1, -0.05) is 0 Å². The number of nitrogens with one attached hydrogen (secondary N) is 2. The SMILES string of the molecule is CNC(=O)C(C)NC(=O)c1ccc(Br)c(F)c1. The summed E-state index contributed by atoms with van der Waals surface area (Å²) >= 11 is 2.99. The molecule has 0 bridgehead atoms. The summed E-state index contributed by atoms with van der Waals surface area (Å²) < 4.78 is 13.5. The number of hydrogen-bond acceptors (Lipinski definition) is 2. The average Bonchev–Trinajstić information content (AvgIpc) is 2.31. The van der Waals surface area contributed by atoms with Gasteiger partial charge in [0.05, 0.1) is 4.47 Å². The van der Waals surface area contributed by atoms with Crippen molar-refractivity contribution in [2.45, 2.75) is 13.0 Å². The van der Waals surface area contributed by atoms with Crippen molar-refractivity contribution >= 4 is 27.7 Å². The molecule has 1 aromatic carbocycles. The van der Waals surface area contributed by atoms with Gasteiger partial charge in [0.2, 0.25) is 5.91 Å². The van der Waals surface area contributed by atoms with Crippen LogP contribution in [0.4, 0.5) is 4.39 Å². The van der Waals surface area contributed by atoms with Crippen LogP contribution in [0.25, 0.3) is 0 Å². The fraction of sp³-hybridized carbons (Fsp3) is 0.273. The smallest absolute Gasteiger partial charge is 0.252 e. The minimum absolute atomic E-state index is 0.168. The number of rotatable bonds is 3. The van der Waals surface area contributed by atoms with E-state index in [1.807, 2.05) is 0 Å². The Morgan fingerprint density at radius 1 is 1.41 bits per heavy atom. The molecule has 0 aliphatic rings. The van der Waals surface area contributed by atoms with Crippen LogP contribution in [-0.4, -0.2) is 24.9 Å². The van der Waals surface area contributed by atoms with Crippen molar-refractivity contribution in [3.05, 3.63) is 34.1 Å². The van der Waals surface area contributed by atoms with E-state index in [1.54, 1.807) is 6.92 Å². The zero-order valence-corrected chi connectivity index (χ0v) is 11.0. The first-order valence-electron chi connectivity index (χ1n) is 4.93. The van der Waals surface area contributed by atoms with E-state index in [4.69, 9.17) is 0 Å². The second-order valence-corrected chi connectivity index (χ2v) is 4.29. The van der Waals surface area contributed by atoms with Crippen LogP contribution < -0.4 is 10.6 Å². The normalized spacial score (nSPS) is 11.8. The van der Waals surface area contributed by atoms with Crippen LogP contribution in [0.3, 0.4) is 0 Å². The number of hydrogen-bond donors (Lipinski definition) is 2. The molecular formula is C11H12BrFN2O2. The lowest BCUT2D eigenvalue weighted by Gasteiger charge is -2.12. The average molecular weight is 303 g/mol. The molecule has 2 N–H and O–H groups in total. The molecular weight excluding hydrogens is 291 g/mol. The molecule has 0 radical (unpaired) electrons. The molecule has 0 spiro atoms. The molecule has 0 saturated carbocycles. The highest BCUT2D eigenvalue weighted by atomic mass is 79.9. The summed E-state index contributed by atoms with van der Waals surface area (Å²) in [7, 11) is 1.48. The van der Waals surface area contributed by atoms with Gasteiger partial charge in [-0.15, -0.1) is 0 Å². The van der Waals surface area contributed by atoms with Crippen LogP contribution in [0, 0.1) is 5.82 Å². The number of likely N-dealkylation sites (N-methyl/N-ethyl adjacent to an activating group) is 1. The van der Waals surface area contributed by atoms with E-state index in [0.717, 1.165) is 6.07 Å². The van der Waals surface area contributed by atoms with Crippen LogP contribution >= 0.6 is 15.9 Å². The highest BCUT2D eigenvalue weighted by molar-refractivity contribution is 9.10. The van der Waals surface area contributed by atoms with Gasteiger partial charge >= 0.3 is 0 Å². The predicted octanol–water partition coefficient (Wildman–Crippen LogP) is 1.45. The first-order valence-corrected chi connectivity index (χ1v) is 5.72. The van der Waals surface area contributed by atoms with Gasteiger partial charge in [-0.2, -0.15) is 0 Å². The predicted molar refractivity (Wildman–Crippen MR) is 65.1 cm³/mol. The minimum atomic E-state index is -0.667. The van der Waals surface area contributed by atoms with Crippen molar-refractivity contribution in [1.29, 1.82) is 0 Å². The lowest BCUT2D eigenvalue weighted by atomic mass is 10.2. The molecule has 92 valence electrons. The molecule has 1 rings (SSSR count). The van der Waals surface area contributed by atoms with Crippen molar-refractivity contribution < 1.29 is 14.0 Å². The van der Waals surface area contributed by atoms with Crippen LogP contribution in [0.15, 0.2) is 22.7 Å². The number of halogens is 2. The van der Waals surface area contributed by atoms with Crippen LogP contribution in [0.2, 0.25) is 0 Å². The summed E-state index contributed by atoms with van der Waals surface area (Å²) in [6.07, 6.45) is 0. The lowest BCUT2D eigenvalue weighted by Crippen LogP contribution is -2.43. The van der Waals surface area contributed by atoms with E-state index in [9.17, 15) is 14.0 Å². The molecule has 0 saturated heterocycles. The first kappa shape index (κ1) is 13.6. The Labute approximate surface area is 107 Å². The third-order valence-corrected chi connectivity index (χ3v) is 2.81. The molecule has 0 aliphatic carbocycles. The van der Waals surface area contributed by atoms with Gasteiger partial charge in [0.15, 0.2) is 0 Å². The van der Waals surface area contributed by atoms with Gasteiger partial charge in [-0.25, -0.2) is 4.39 Å². The topological polar surface area (TPSA) is 58.2 Å². The summed E-state index contributed by atoms with van der Waals surface area (Å²) in [5, 5.41) is 4.87. The van der Waals surface area contributed by atoms with E-state index in [0.29, 0.717) is 0 Å². The molecule has 6 heteroatoms. The highest BCUT2D eigenvalue weighted by Crippen LogP contribution is 2.16. The Bertz CT molecular complexity index is 451. The minimum Gasteiger partial charge on any atom is -0.357 e. The second-order valence-electron chi connectivity index (χ2n) is 3.44. The largest absolute Gasteiger partial charge is 0.357 e. The van der Waals surface area contributed by atoms with Gasteiger partial charge in [0, 0.05) is 12.6 Å². The fourth-order valence-corrected chi connectivity index (χ4v) is 1.45. The second kappa shape index (κ2) is 5.77. The van der Waals surface area contributed by atoms with Gasteiger partial charge in [0.25, 0.3) is 5.91 Å². The summed E-state index contributed by atoms with van der Waals surface area (Å²) in [6, 6.07) is 3.35. The fourth-order valence-electron chi connectivity index (χ4n) is 1.20. The number of carbonyl (C=O) groups excluding carboxylic acids is 2. The zero-order chi connectivity index (χ0) is 13.0. The Morgan fingerprint density at radius 3 is 2.59 bits per heavy atom. The van der Waals surface area contributed by atoms with Gasteiger partial charge in [-0.05, 0) is 41.1 Å². The summed E-state index contributed by atoms with van der Waals surface area (Å²) in [4.78, 5) is 22.9. The van der Waals surface area contributed by atoms with E-state index >= 15 is 0 Å². The van der Waals surface area contributed by atoms with Gasteiger partial charge < -0.3 is 10.6 Å². The summed E-state index contributed by atoms with van der Waals surface area (Å²) in [5.41, 5.74) is 0.168. The Morgan fingerprint density at radius 2 is 2.06 bits per heavy atom. The zero-order valence-electron chi connectivity index (χ0n) is 9.38. The maximum absolute atomic E-state index is 13.2. The maximum Gasteiger partial charge on any atom is 0.252 e. The molecule has 0 fully saturated rings. The van der Waals surface area contributed by atoms with E-state index < -0.39 is 17.8 Å². The van der Waals surface area contributed by atoms with Gasteiger partial charge in [0.1, 0.15) is 11.9 Å². The lowest BCUT2D eigenvalue weighted by molar-refractivity contribution is -0.122. The van der Waals surface area contributed by atoms with Gasteiger partial charge in [-0.3, -0.25) is 9.59 Å². The van der Waals surface area contributed by atoms with E-state index in [1.165, 1.54) is 19.2 Å². The summed E-state index contributed by atoms with van der Waals surface area (Å²) in [5.74, 6) is -1.33. The third kappa shape index (κ3) is 3.52. The quantitative estimate of drug-likeness (QED) is 0.888. The molecule has 0 aromatic heterocycles. The number of benzene rings is 1. The van der Waals surface area contributed by atoms with Crippen molar-refractivity contribution in [3.8, 4) is 0 Å². The Balaban J connectivity index is 2.76. The first-order chi connectivity index (χ1) is 7.95. The van der Waals surface area contributed by atoms with E-state index in [-0.39, 0.29) is 15.9 Å². The van der Waals surface area contributed by atoms with E-state index in [2.05, 4.69) is 26.6 Å². The highest BCUT2D eigenvalue weighted by Gasteiger charge is 2.15. The monoisotopic (exact) mass is 302 g/mol. The van der Waals surface area contributed by atoms with Crippen molar-refractivity contribution in [3.63, 3.8) is 0 Å². The Kier molecular flexibility index (Phi) is 4.62. The molecule has 1 atom stereocenters. The molecule has 1 aromatic rings. The molecule has 0 heterocycles. The number of carbonyl (C=O) groups is 2. The standard InChI is InChI=1S/C11H12BrFN2O2/c1-6(10(16)14-2)15-11(17)7-3-4-8(12)9(13)5-7/h3-6H,1-2H3,(H,14,16)(H,15,17). The number of amides is 2. The molecule has 0 aliphatic heterocycles. The van der Waals surface area contributed by atoms with Crippen molar-refractivity contribution in [2.24, 2.45) is 0 Å². The molecule has 2 amide bonds. The van der Waals surface area contributed by atoms with Crippen LogP contribution in [0.1, 0.15) is 17.3 Å². The molecule has 4 nitrogen and oxygen atoms in total. The molecule has 17 heavy (non-hydrogen) atoms.